The molecule has 0 bridgehead atoms. The fourth-order valence-corrected chi connectivity index (χ4v) is 3.77. The summed E-state index contributed by atoms with van der Waals surface area (Å²) in [6, 6.07) is 7.73. The predicted molar refractivity (Wildman–Crippen MR) is 136 cm³/mol. The van der Waals surface area contributed by atoms with Crippen LogP contribution in [0.15, 0.2) is 42.9 Å². The number of likely N-dealkylation sites (tertiary alicyclic amines) is 1. The smallest absolute Gasteiger partial charge is 0.154 e. The lowest BCUT2D eigenvalue weighted by molar-refractivity contribution is -0.0292. The van der Waals surface area contributed by atoms with E-state index in [4.69, 9.17) is 15.1 Å². The van der Waals surface area contributed by atoms with Crippen molar-refractivity contribution >= 4 is 34.5 Å². The number of nitrogens with zero attached hydrogens (tertiary/aromatic N) is 5. The molecule has 3 N–H and O–H groups in total. The van der Waals surface area contributed by atoms with Crippen LogP contribution in [0.25, 0.3) is 16.6 Å². The van der Waals surface area contributed by atoms with Crippen LogP contribution in [0.1, 0.15) is 37.3 Å². The summed E-state index contributed by atoms with van der Waals surface area (Å²) in [5, 5.41) is 22.6. The van der Waals surface area contributed by atoms with Gasteiger partial charge in [0.05, 0.1) is 23.3 Å². The average molecular weight is 461 g/mol. The third kappa shape index (κ3) is 5.92. The first kappa shape index (κ1) is 23.7. The number of ether oxygens (including phenoxy) is 1. The fraction of sp³-hybridized carbons (Fsp3) is 0.400. The van der Waals surface area contributed by atoms with E-state index in [2.05, 4.69) is 44.6 Å². The molecule has 3 aromatic rings. The topological polar surface area (TPSA) is 112 Å². The molecule has 1 fully saturated rings. The average Bonchev–Trinajstić information content (AvgIpc) is 2.82. The lowest BCUT2D eigenvalue weighted by atomic mass is 10.1. The van der Waals surface area contributed by atoms with Crippen LogP contribution in [0.5, 0.6) is 0 Å². The van der Waals surface area contributed by atoms with Crippen LogP contribution in [-0.4, -0.2) is 70.7 Å². The highest BCUT2D eigenvalue weighted by Gasteiger charge is 2.25. The SMILES string of the molecule is COC1CN(CCCN/C=C(\C=N)c2cnc3ccc(Nc4cc(C(C)C)cnn4)nc3c2)C1. The van der Waals surface area contributed by atoms with E-state index in [0.717, 1.165) is 60.3 Å². The van der Waals surface area contributed by atoms with E-state index in [-0.39, 0.29) is 0 Å². The van der Waals surface area contributed by atoms with Crippen LogP contribution >= 0.6 is 0 Å². The highest BCUT2D eigenvalue weighted by molar-refractivity contribution is 6.08. The van der Waals surface area contributed by atoms with Crippen molar-refractivity contribution < 1.29 is 4.74 Å². The molecule has 1 aliphatic heterocycles. The Morgan fingerprint density at radius 3 is 2.82 bits per heavy atom. The summed E-state index contributed by atoms with van der Waals surface area (Å²) in [6.07, 6.45) is 8.19. The zero-order chi connectivity index (χ0) is 23.9. The van der Waals surface area contributed by atoms with Gasteiger partial charge < -0.3 is 20.8 Å². The molecule has 0 unspecified atom stereocenters. The number of hydrogen-bond acceptors (Lipinski definition) is 9. The standard InChI is InChI=1S/C25H32N8O/c1-17(2)18-10-25(32-29-14-18)31-24-6-5-22-23(30-24)9-19(13-28-22)20(11-26)12-27-7-4-8-33-15-21(16-33)34-3/h5-6,9-14,17,21,26-27H,4,7-8,15-16H2,1-3H3,(H,30,31,32)/b20-12+,26-11?. The van der Waals surface area contributed by atoms with Crippen LogP contribution in [0.2, 0.25) is 0 Å². The highest BCUT2D eigenvalue weighted by Crippen LogP contribution is 2.21. The van der Waals surface area contributed by atoms with Crippen LogP contribution in [0, 0.1) is 5.41 Å². The molecule has 1 saturated heterocycles. The molecule has 0 amide bonds. The lowest BCUT2D eigenvalue weighted by Gasteiger charge is -2.38. The Morgan fingerprint density at radius 1 is 1.21 bits per heavy atom. The Labute approximate surface area is 200 Å². The minimum absolute atomic E-state index is 0.367. The zero-order valence-electron chi connectivity index (χ0n) is 20.0. The number of nitrogens with one attached hydrogen (secondary N) is 3. The first-order chi connectivity index (χ1) is 16.6. The van der Waals surface area contributed by atoms with E-state index in [1.54, 1.807) is 19.5 Å². The van der Waals surface area contributed by atoms with Crippen molar-refractivity contribution in [3.05, 3.63) is 54.0 Å². The van der Waals surface area contributed by atoms with E-state index in [1.165, 1.54) is 6.21 Å². The second kappa shape index (κ2) is 11.1. The quantitative estimate of drug-likeness (QED) is 0.294. The summed E-state index contributed by atoms with van der Waals surface area (Å²) in [7, 11) is 1.77. The number of rotatable bonds is 11. The Morgan fingerprint density at radius 2 is 2.06 bits per heavy atom. The maximum Gasteiger partial charge on any atom is 0.154 e. The van der Waals surface area contributed by atoms with Gasteiger partial charge in [0, 0.05) is 63.0 Å². The molecule has 0 aliphatic carbocycles. The van der Waals surface area contributed by atoms with Crippen molar-refractivity contribution in [2.45, 2.75) is 32.3 Å². The number of methoxy groups -OCH3 is 1. The molecule has 1 aliphatic rings. The van der Waals surface area contributed by atoms with Gasteiger partial charge >= 0.3 is 0 Å². The Kier molecular flexibility index (Phi) is 7.76. The third-order valence-corrected chi connectivity index (χ3v) is 5.93. The predicted octanol–water partition coefficient (Wildman–Crippen LogP) is 3.59. The van der Waals surface area contributed by atoms with Gasteiger partial charge in [-0.2, -0.15) is 5.10 Å². The van der Waals surface area contributed by atoms with Crippen molar-refractivity contribution in [3.63, 3.8) is 0 Å². The summed E-state index contributed by atoms with van der Waals surface area (Å²) in [6.45, 7) is 8.15. The van der Waals surface area contributed by atoms with Gasteiger partial charge in [-0.25, -0.2) is 4.98 Å². The molecule has 0 saturated carbocycles. The largest absolute Gasteiger partial charge is 0.390 e. The summed E-state index contributed by atoms with van der Waals surface area (Å²) in [5.74, 6) is 1.69. The van der Waals surface area contributed by atoms with E-state index < -0.39 is 0 Å². The number of pyridine rings is 2. The molecular formula is C25H32N8O. The number of fused-ring (bicyclic) bond motifs is 1. The van der Waals surface area contributed by atoms with Crippen LogP contribution in [0.3, 0.4) is 0 Å². The maximum absolute atomic E-state index is 7.85. The second-order valence-corrected chi connectivity index (χ2v) is 8.78. The molecule has 4 rings (SSSR count). The summed E-state index contributed by atoms with van der Waals surface area (Å²) in [4.78, 5) is 11.6. The maximum atomic E-state index is 7.85. The van der Waals surface area contributed by atoms with Gasteiger partial charge in [0.15, 0.2) is 5.82 Å². The number of anilines is 2. The number of allylic oxidation sites excluding steroid dienone is 1. The van der Waals surface area contributed by atoms with E-state index >= 15 is 0 Å². The zero-order valence-corrected chi connectivity index (χ0v) is 20.0. The molecule has 9 heteroatoms. The Bertz CT molecular complexity index is 1160. The van der Waals surface area contributed by atoms with Crippen LogP contribution in [0.4, 0.5) is 11.6 Å². The van der Waals surface area contributed by atoms with Gasteiger partial charge in [-0.1, -0.05) is 13.8 Å². The van der Waals surface area contributed by atoms with Gasteiger partial charge in [-0.05, 0) is 42.2 Å². The normalized spacial score (nSPS) is 14.9. The van der Waals surface area contributed by atoms with Gasteiger partial charge in [0.1, 0.15) is 5.82 Å². The van der Waals surface area contributed by atoms with Gasteiger partial charge in [0.25, 0.3) is 0 Å². The van der Waals surface area contributed by atoms with Crippen molar-refractivity contribution in [1.29, 1.82) is 5.41 Å². The summed E-state index contributed by atoms with van der Waals surface area (Å²) >= 11 is 0. The monoisotopic (exact) mass is 460 g/mol. The molecule has 0 aromatic carbocycles. The van der Waals surface area contributed by atoms with E-state index in [9.17, 15) is 0 Å². The third-order valence-electron chi connectivity index (χ3n) is 5.93. The molecule has 178 valence electrons. The molecule has 4 heterocycles. The van der Waals surface area contributed by atoms with E-state index in [0.29, 0.717) is 23.7 Å². The Hall–Kier alpha value is -3.43. The highest BCUT2D eigenvalue weighted by atomic mass is 16.5. The molecule has 0 radical (unpaired) electrons. The fourth-order valence-electron chi connectivity index (χ4n) is 3.77. The number of hydrogen-bond donors (Lipinski definition) is 3. The van der Waals surface area contributed by atoms with Crippen LogP contribution < -0.4 is 10.6 Å². The van der Waals surface area contributed by atoms with Gasteiger partial charge in [0.2, 0.25) is 0 Å². The van der Waals surface area contributed by atoms with Crippen molar-refractivity contribution in [2.75, 3.05) is 38.6 Å². The molecule has 0 atom stereocenters. The molecule has 3 aromatic heterocycles. The van der Waals surface area contributed by atoms with Crippen LogP contribution in [-0.2, 0) is 4.74 Å². The van der Waals surface area contributed by atoms with Gasteiger partial charge in [-0.15, -0.1) is 5.10 Å². The summed E-state index contributed by atoms with van der Waals surface area (Å²) in [5.41, 5.74) is 4.24. The second-order valence-electron chi connectivity index (χ2n) is 8.78. The first-order valence-corrected chi connectivity index (χ1v) is 11.6. The Balaban J connectivity index is 1.40. The molecule has 34 heavy (non-hydrogen) atoms. The molecular weight excluding hydrogens is 428 g/mol. The van der Waals surface area contributed by atoms with Crippen molar-refractivity contribution in [3.8, 4) is 0 Å². The molecule has 0 spiro atoms. The van der Waals surface area contributed by atoms with Gasteiger partial charge in [-0.3, -0.25) is 9.88 Å². The number of aromatic nitrogens is 4. The minimum atomic E-state index is 0.367. The van der Waals surface area contributed by atoms with E-state index in [1.807, 2.05) is 30.5 Å². The minimum Gasteiger partial charge on any atom is -0.390 e. The summed E-state index contributed by atoms with van der Waals surface area (Å²) < 4.78 is 5.31. The first-order valence-electron chi connectivity index (χ1n) is 11.6. The molecule has 9 nitrogen and oxygen atoms in total. The van der Waals surface area contributed by atoms with Crippen molar-refractivity contribution in [1.82, 2.24) is 30.4 Å². The van der Waals surface area contributed by atoms with Crippen molar-refractivity contribution in [2.24, 2.45) is 0 Å². The lowest BCUT2D eigenvalue weighted by Crippen LogP contribution is -2.52.